The molecule has 21 heavy (non-hydrogen) atoms. The predicted octanol–water partition coefficient (Wildman–Crippen LogP) is 0.869. The van der Waals surface area contributed by atoms with Crippen molar-refractivity contribution in [3.63, 3.8) is 0 Å². The summed E-state index contributed by atoms with van der Waals surface area (Å²) < 4.78 is 5.29. The van der Waals surface area contributed by atoms with Gasteiger partial charge in [0.1, 0.15) is 5.75 Å². The van der Waals surface area contributed by atoms with E-state index in [1.807, 2.05) is 32.3 Å². The first kappa shape index (κ1) is 15.6. The van der Waals surface area contributed by atoms with E-state index in [1.165, 1.54) is 18.4 Å². The highest BCUT2D eigenvalue weighted by Gasteiger charge is 2.22. The normalized spacial score (nSPS) is 16.7. The summed E-state index contributed by atoms with van der Waals surface area (Å²) in [6, 6.07) is 8.77. The zero-order valence-corrected chi connectivity index (χ0v) is 13.0. The number of hydrogen-bond acceptors (Lipinski definition) is 4. The van der Waals surface area contributed by atoms with Gasteiger partial charge in [-0.2, -0.15) is 0 Å². The number of hydrogen-bond donors (Lipinski definition) is 3. The molecular formula is C15H25N5O. The monoisotopic (exact) mass is 291 g/mol. The van der Waals surface area contributed by atoms with E-state index in [2.05, 4.69) is 26.7 Å². The molecule has 6 heteroatoms. The van der Waals surface area contributed by atoms with Gasteiger partial charge in [0, 0.05) is 6.04 Å². The minimum Gasteiger partial charge on any atom is -0.497 e. The van der Waals surface area contributed by atoms with E-state index in [0.717, 1.165) is 5.75 Å². The van der Waals surface area contributed by atoms with Crippen LogP contribution in [0.25, 0.3) is 0 Å². The molecule has 0 aromatic heterocycles. The smallest absolute Gasteiger partial charge is 0.206 e. The molecule has 1 fully saturated rings. The molecule has 1 aliphatic carbocycles. The van der Waals surface area contributed by atoms with Gasteiger partial charge < -0.3 is 15.0 Å². The van der Waals surface area contributed by atoms with E-state index in [1.54, 1.807) is 7.11 Å². The van der Waals surface area contributed by atoms with E-state index < -0.39 is 0 Å². The Morgan fingerprint density at radius 3 is 2.81 bits per heavy atom. The highest BCUT2D eigenvalue weighted by molar-refractivity contribution is 5.79. The molecule has 0 saturated heterocycles. The van der Waals surface area contributed by atoms with Crippen molar-refractivity contribution < 1.29 is 4.74 Å². The van der Waals surface area contributed by atoms with Crippen LogP contribution in [-0.4, -0.2) is 44.7 Å². The topological polar surface area (TPSA) is 74.9 Å². The van der Waals surface area contributed by atoms with Crippen molar-refractivity contribution in [3.8, 4) is 5.75 Å². The molecule has 1 aromatic carbocycles. The summed E-state index contributed by atoms with van der Waals surface area (Å²) in [6.45, 7) is 0.624. The first-order chi connectivity index (χ1) is 10.1. The standard InChI is InChI=1S/C15H25N5O/c1-20(2)14(11-5-4-6-13(9-11)21-3)10-17-15(19-16)18-12-7-8-12/h4-6,9,12,14H,7-8,10,16H2,1-3H3,(H2,17,18,19). The second-order valence-electron chi connectivity index (χ2n) is 5.51. The van der Waals surface area contributed by atoms with E-state index in [4.69, 9.17) is 10.6 Å². The summed E-state index contributed by atoms with van der Waals surface area (Å²) in [6.07, 6.45) is 2.38. The van der Waals surface area contributed by atoms with Crippen LogP contribution in [0.4, 0.5) is 0 Å². The van der Waals surface area contributed by atoms with Gasteiger partial charge in [-0.3, -0.25) is 10.4 Å². The number of nitrogens with two attached hydrogens (primary N) is 1. The van der Waals surface area contributed by atoms with Crippen molar-refractivity contribution in [1.29, 1.82) is 0 Å². The number of benzene rings is 1. The van der Waals surface area contributed by atoms with Gasteiger partial charge in [-0.05, 0) is 44.6 Å². The van der Waals surface area contributed by atoms with E-state index in [-0.39, 0.29) is 6.04 Å². The largest absolute Gasteiger partial charge is 0.497 e. The van der Waals surface area contributed by atoms with Crippen molar-refractivity contribution in [2.24, 2.45) is 10.8 Å². The second kappa shape index (κ2) is 7.28. The molecule has 0 amide bonds. The predicted molar refractivity (Wildman–Crippen MR) is 85.2 cm³/mol. The lowest BCUT2D eigenvalue weighted by Gasteiger charge is -2.24. The Labute approximate surface area is 126 Å². The third-order valence-corrected chi connectivity index (χ3v) is 3.58. The van der Waals surface area contributed by atoms with Crippen LogP contribution in [0.1, 0.15) is 24.4 Å². The van der Waals surface area contributed by atoms with Gasteiger partial charge in [-0.1, -0.05) is 12.1 Å². The molecule has 1 aromatic rings. The summed E-state index contributed by atoms with van der Waals surface area (Å²) in [7, 11) is 5.77. The van der Waals surface area contributed by atoms with Crippen molar-refractivity contribution in [1.82, 2.24) is 15.6 Å². The number of guanidine groups is 1. The van der Waals surface area contributed by atoms with Crippen LogP contribution in [0.5, 0.6) is 5.75 Å². The molecule has 0 aliphatic heterocycles. The van der Waals surface area contributed by atoms with Gasteiger partial charge in [-0.15, -0.1) is 0 Å². The van der Waals surface area contributed by atoms with Crippen LogP contribution < -0.4 is 21.3 Å². The number of hydrazine groups is 1. The number of aliphatic imine (C=N–C) groups is 1. The summed E-state index contributed by atoms with van der Waals surface area (Å²) in [4.78, 5) is 6.71. The number of nitrogens with zero attached hydrogens (tertiary/aromatic N) is 2. The molecule has 1 saturated carbocycles. The zero-order valence-electron chi connectivity index (χ0n) is 13.0. The minimum absolute atomic E-state index is 0.171. The van der Waals surface area contributed by atoms with Crippen molar-refractivity contribution in [2.75, 3.05) is 27.7 Å². The van der Waals surface area contributed by atoms with Crippen LogP contribution >= 0.6 is 0 Å². The van der Waals surface area contributed by atoms with Crippen LogP contribution in [0, 0.1) is 0 Å². The fraction of sp³-hybridized carbons (Fsp3) is 0.533. The number of methoxy groups -OCH3 is 1. The number of rotatable bonds is 6. The van der Waals surface area contributed by atoms with Gasteiger partial charge in [0.15, 0.2) is 0 Å². The van der Waals surface area contributed by atoms with Gasteiger partial charge in [0.25, 0.3) is 0 Å². The van der Waals surface area contributed by atoms with Crippen molar-refractivity contribution in [2.45, 2.75) is 24.9 Å². The lowest BCUT2D eigenvalue weighted by molar-refractivity contribution is 0.305. The molecular weight excluding hydrogens is 266 g/mol. The Morgan fingerprint density at radius 1 is 1.48 bits per heavy atom. The maximum Gasteiger partial charge on any atom is 0.206 e. The lowest BCUT2D eigenvalue weighted by atomic mass is 10.1. The highest BCUT2D eigenvalue weighted by atomic mass is 16.5. The molecule has 4 N–H and O–H groups in total. The average Bonchev–Trinajstić information content (AvgIpc) is 3.30. The molecule has 0 spiro atoms. The van der Waals surface area contributed by atoms with Gasteiger partial charge in [0.05, 0.1) is 19.7 Å². The fourth-order valence-corrected chi connectivity index (χ4v) is 2.15. The molecule has 1 aliphatic rings. The van der Waals surface area contributed by atoms with Crippen LogP contribution in [0.2, 0.25) is 0 Å². The number of ether oxygens (including phenoxy) is 1. The maximum absolute atomic E-state index is 5.52. The maximum atomic E-state index is 5.52. The van der Waals surface area contributed by atoms with Gasteiger partial charge >= 0.3 is 0 Å². The SMILES string of the molecule is COc1cccc(C(CN=C(NN)NC2CC2)N(C)C)c1. The van der Waals surface area contributed by atoms with Gasteiger partial charge in [0.2, 0.25) is 5.96 Å². The molecule has 0 bridgehead atoms. The lowest BCUT2D eigenvalue weighted by Crippen LogP contribution is -2.43. The molecule has 0 radical (unpaired) electrons. The van der Waals surface area contributed by atoms with Crippen molar-refractivity contribution >= 4 is 5.96 Å². The summed E-state index contributed by atoms with van der Waals surface area (Å²) in [5, 5.41) is 3.28. The van der Waals surface area contributed by atoms with E-state index >= 15 is 0 Å². The Balaban J connectivity index is 2.08. The third kappa shape index (κ3) is 4.61. The molecule has 116 valence electrons. The molecule has 1 unspecified atom stereocenters. The Morgan fingerprint density at radius 2 is 2.24 bits per heavy atom. The second-order valence-corrected chi connectivity index (χ2v) is 5.51. The first-order valence-corrected chi connectivity index (χ1v) is 7.22. The molecule has 1 atom stereocenters. The Hall–Kier alpha value is -1.79. The molecule has 0 heterocycles. The van der Waals surface area contributed by atoms with Crippen LogP contribution in [0.3, 0.4) is 0 Å². The molecule has 2 rings (SSSR count). The first-order valence-electron chi connectivity index (χ1n) is 7.22. The minimum atomic E-state index is 0.171. The van der Waals surface area contributed by atoms with Crippen LogP contribution in [-0.2, 0) is 0 Å². The zero-order chi connectivity index (χ0) is 15.2. The third-order valence-electron chi connectivity index (χ3n) is 3.58. The van der Waals surface area contributed by atoms with Crippen molar-refractivity contribution in [3.05, 3.63) is 29.8 Å². The summed E-state index contributed by atoms with van der Waals surface area (Å²) in [5.74, 6) is 7.04. The average molecular weight is 291 g/mol. The van der Waals surface area contributed by atoms with Crippen LogP contribution in [0.15, 0.2) is 29.3 Å². The number of nitrogens with one attached hydrogen (secondary N) is 2. The Bertz CT molecular complexity index is 485. The van der Waals surface area contributed by atoms with E-state index in [0.29, 0.717) is 18.5 Å². The summed E-state index contributed by atoms with van der Waals surface area (Å²) in [5.41, 5.74) is 3.81. The Kier molecular flexibility index (Phi) is 5.41. The van der Waals surface area contributed by atoms with E-state index in [9.17, 15) is 0 Å². The molecule has 6 nitrogen and oxygen atoms in total. The van der Waals surface area contributed by atoms with Gasteiger partial charge in [-0.25, -0.2) is 5.84 Å². The number of likely N-dealkylation sites (N-methyl/N-ethyl adjacent to an activating group) is 1. The summed E-state index contributed by atoms with van der Waals surface area (Å²) >= 11 is 0. The highest BCUT2D eigenvalue weighted by Crippen LogP contribution is 2.23. The fourth-order valence-electron chi connectivity index (χ4n) is 2.15. The quantitative estimate of drug-likeness (QED) is 0.314.